The van der Waals surface area contributed by atoms with Crippen molar-refractivity contribution < 1.29 is 4.79 Å². The number of H-pyrrole nitrogens is 1. The van der Waals surface area contributed by atoms with Gasteiger partial charge in [0.05, 0.1) is 0 Å². The van der Waals surface area contributed by atoms with E-state index in [9.17, 15) is 4.79 Å². The molecule has 1 saturated carbocycles. The zero-order valence-electron chi connectivity index (χ0n) is 11.8. The molecule has 1 amide bonds. The molecule has 1 fully saturated rings. The molecular weight excluding hydrogens is 250 g/mol. The van der Waals surface area contributed by atoms with E-state index >= 15 is 0 Å². The van der Waals surface area contributed by atoms with Crippen molar-refractivity contribution in [3.63, 3.8) is 0 Å². The van der Waals surface area contributed by atoms with Crippen LogP contribution in [0.5, 0.6) is 0 Å². The Labute approximate surface area is 118 Å². The van der Waals surface area contributed by atoms with E-state index in [4.69, 9.17) is 5.73 Å². The summed E-state index contributed by atoms with van der Waals surface area (Å²) in [7, 11) is 0. The molecule has 4 N–H and O–H groups in total. The van der Waals surface area contributed by atoms with Crippen LogP contribution in [-0.4, -0.2) is 16.9 Å². The number of aromatic amines is 1. The van der Waals surface area contributed by atoms with Crippen molar-refractivity contribution in [3.05, 3.63) is 30.0 Å². The van der Waals surface area contributed by atoms with Gasteiger partial charge in [0.2, 0.25) is 0 Å². The van der Waals surface area contributed by atoms with Crippen molar-refractivity contribution in [2.75, 3.05) is 5.73 Å². The zero-order chi connectivity index (χ0) is 14.1. The van der Waals surface area contributed by atoms with Crippen LogP contribution in [-0.2, 0) is 0 Å². The third-order valence-corrected chi connectivity index (χ3v) is 4.16. The van der Waals surface area contributed by atoms with Crippen molar-refractivity contribution in [2.24, 2.45) is 5.92 Å². The van der Waals surface area contributed by atoms with E-state index < -0.39 is 0 Å². The van der Waals surface area contributed by atoms with Crippen LogP contribution < -0.4 is 11.1 Å². The summed E-state index contributed by atoms with van der Waals surface area (Å²) < 4.78 is 0. The molecule has 1 aromatic heterocycles. The first kappa shape index (κ1) is 13.0. The van der Waals surface area contributed by atoms with Gasteiger partial charge in [-0.3, -0.25) is 4.79 Å². The Bertz CT molecular complexity index is 632. The molecule has 2 unspecified atom stereocenters. The molecule has 4 nitrogen and oxygen atoms in total. The highest BCUT2D eigenvalue weighted by molar-refractivity contribution is 5.98. The van der Waals surface area contributed by atoms with E-state index in [1.807, 2.05) is 24.3 Å². The van der Waals surface area contributed by atoms with Gasteiger partial charge < -0.3 is 16.0 Å². The molecule has 0 aliphatic heterocycles. The minimum absolute atomic E-state index is 0.0149. The summed E-state index contributed by atoms with van der Waals surface area (Å²) in [5.74, 6) is 0.690. The van der Waals surface area contributed by atoms with Crippen LogP contribution in [0.25, 0.3) is 10.9 Å². The normalized spacial score (nSPS) is 22.9. The second-order valence-corrected chi connectivity index (χ2v) is 5.97. The Morgan fingerprint density at radius 2 is 2.20 bits per heavy atom. The fraction of sp³-hybridized carbons (Fsp3) is 0.438. The largest absolute Gasteiger partial charge is 0.399 e. The van der Waals surface area contributed by atoms with Gasteiger partial charge in [0.15, 0.2) is 0 Å². The predicted molar refractivity (Wildman–Crippen MR) is 81.6 cm³/mol. The average Bonchev–Trinajstić information content (AvgIpc) is 2.81. The highest BCUT2D eigenvalue weighted by atomic mass is 16.1. The lowest BCUT2D eigenvalue weighted by Gasteiger charge is -2.27. The number of rotatable bonds is 2. The maximum atomic E-state index is 12.3. The number of fused-ring (bicyclic) bond motifs is 1. The van der Waals surface area contributed by atoms with Gasteiger partial charge in [0.25, 0.3) is 5.91 Å². The summed E-state index contributed by atoms with van der Waals surface area (Å²) in [4.78, 5) is 15.5. The Kier molecular flexibility index (Phi) is 3.38. The SMILES string of the molecule is CC1CCCC(NC(=O)c2cc3cc(N)ccc3[nH]2)C1. The lowest BCUT2D eigenvalue weighted by atomic mass is 9.87. The molecule has 0 spiro atoms. The lowest BCUT2D eigenvalue weighted by molar-refractivity contribution is 0.0917. The standard InChI is InChI=1S/C16H21N3O/c1-10-3-2-4-13(7-10)18-16(20)15-9-11-8-12(17)5-6-14(11)19-15/h5-6,8-10,13,19H,2-4,7,17H2,1H3,(H,18,20). The van der Waals surface area contributed by atoms with Gasteiger partial charge in [-0.2, -0.15) is 0 Å². The van der Waals surface area contributed by atoms with E-state index in [1.165, 1.54) is 12.8 Å². The molecule has 0 saturated heterocycles. The van der Waals surface area contributed by atoms with Crippen LogP contribution in [0.2, 0.25) is 0 Å². The first-order valence-corrected chi connectivity index (χ1v) is 7.31. The molecule has 1 heterocycles. The summed E-state index contributed by atoms with van der Waals surface area (Å²) >= 11 is 0. The number of aromatic nitrogens is 1. The van der Waals surface area contributed by atoms with Gasteiger partial charge in [-0.1, -0.05) is 19.8 Å². The average molecular weight is 271 g/mol. The summed E-state index contributed by atoms with van der Waals surface area (Å²) in [5, 5.41) is 4.12. The van der Waals surface area contributed by atoms with E-state index in [0.717, 1.165) is 23.7 Å². The number of benzene rings is 1. The summed E-state index contributed by atoms with van der Waals surface area (Å²) in [6.45, 7) is 2.25. The van der Waals surface area contributed by atoms with Crippen LogP contribution in [0.3, 0.4) is 0 Å². The second-order valence-electron chi connectivity index (χ2n) is 5.97. The van der Waals surface area contributed by atoms with Gasteiger partial charge in [0, 0.05) is 22.6 Å². The van der Waals surface area contributed by atoms with Crippen LogP contribution in [0.1, 0.15) is 43.1 Å². The summed E-state index contributed by atoms with van der Waals surface area (Å²) in [6.07, 6.45) is 4.65. The van der Waals surface area contributed by atoms with E-state index in [0.29, 0.717) is 23.3 Å². The third-order valence-electron chi connectivity index (χ3n) is 4.16. The van der Waals surface area contributed by atoms with Crippen molar-refractivity contribution in [1.29, 1.82) is 0 Å². The highest BCUT2D eigenvalue weighted by Crippen LogP contribution is 2.24. The maximum Gasteiger partial charge on any atom is 0.267 e. The van der Waals surface area contributed by atoms with Gasteiger partial charge in [-0.25, -0.2) is 0 Å². The Morgan fingerprint density at radius 3 is 3.00 bits per heavy atom. The molecule has 106 valence electrons. The number of hydrogen-bond acceptors (Lipinski definition) is 2. The van der Waals surface area contributed by atoms with Gasteiger partial charge in [-0.15, -0.1) is 0 Å². The van der Waals surface area contributed by atoms with Crippen molar-refractivity contribution in [2.45, 2.75) is 38.6 Å². The molecule has 20 heavy (non-hydrogen) atoms. The number of nitrogens with two attached hydrogens (primary N) is 1. The topological polar surface area (TPSA) is 70.9 Å². The first-order valence-electron chi connectivity index (χ1n) is 7.31. The number of amides is 1. The quantitative estimate of drug-likeness (QED) is 0.735. The molecular formula is C16H21N3O. The molecule has 1 aromatic carbocycles. The zero-order valence-corrected chi connectivity index (χ0v) is 11.8. The molecule has 1 aliphatic rings. The van der Waals surface area contributed by atoms with Crippen LogP contribution in [0.15, 0.2) is 24.3 Å². The molecule has 1 aliphatic carbocycles. The van der Waals surface area contributed by atoms with Crippen molar-refractivity contribution in [1.82, 2.24) is 10.3 Å². The maximum absolute atomic E-state index is 12.3. The lowest BCUT2D eigenvalue weighted by Crippen LogP contribution is -2.38. The Morgan fingerprint density at radius 1 is 1.35 bits per heavy atom. The minimum Gasteiger partial charge on any atom is -0.399 e. The third kappa shape index (κ3) is 2.64. The molecule has 2 aromatic rings. The van der Waals surface area contributed by atoms with E-state index in [-0.39, 0.29) is 5.91 Å². The molecule has 2 atom stereocenters. The van der Waals surface area contributed by atoms with Crippen LogP contribution in [0, 0.1) is 5.92 Å². The summed E-state index contributed by atoms with van der Waals surface area (Å²) in [6, 6.07) is 7.80. The van der Waals surface area contributed by atoms with Crippen molar-refractivity contribution in [3.8, 4) is 0 Å². The number of hydrogen-bond donors (Lipinski definition) is 3. The van der Waals surface area contributed by atoms with E-state index in [1.54, 1.807) is 0 Å². The second kappa shape index (κ2) is 5.19. The molecule has 3 rings (SSSR count). The number of nitrogens with one attached hydrogen (secondary N) is 2. The Balaban J connectivity index is 1.75. The highest BCUT2D eigenvalue weighted by Gasteiger charge is 2.21. The first-order chi connectivity index (χ1) is 9.61. The number of carbonyl (C=O) groups is 1. The van der Waals surface area contributed by atoms with Gasteiger partial charge in [-0.05, 0) is 43.0 Å². The van der Waals surface area contributed by atoms with E-state index in [2.05, 4.69) is 17.2 Å². The van der Waals surface area contributed by atoms with Crippen LogP contribution in [0.4, 0.5) is 5.69 Å². The molecule has 0 bridgehead atoms. The monoisotopic (exact) mass is 271 g/mol. The smallest absolute Gasteiger partial charge is 0.267 e. The van der Waals surface area contributed by atoms with Crippen LogP contribution >= 0.6 is 0 Å². The fourth-order valence-corrected chi connectivity index (χ4v) is 3.10. The molecule has 0 radical (unpaired) electrons. The Hall–Kier alpha value is -1.97. The molecule has 4 heteroatoms. The summed E-state index contributed by atoms with van der Waals surface area (Å²) in [5.41, 5.74) is 8.03. The van der Waals surface area contributed by atoms with Gasteiger partial charge in [0.1, 0.15) is 5.69 Å². The number of carbonyl (C=O) groups excluding carboxylic acids is 1. The van der Waals surface area contributed by atoms with Gasteiger partial charge >= 0.3 is 0 Å². The minimum atomic E-state index is -0.0149. The van der Waals surface area contributed by atoms with Crippen molar-refractivity contribution >= 4 is 22.5 Å². The number of anilines is 1. The number of nitrogen functional groups attached to an aromatic ring is 1. The fourth-order valence-electron chi connectivity index (χ4n) is 3.10. The predicted octanol–water partition coefficient (Wildman–Crippen LogP) is 3.06.